The molecule has 2 aromatic rings. The summed E-state index contributed by atoms with van der Waals surface area (Å²) < 4.78 is 11.3. The topological polar surface area (TPSA) is 83.2 Å². The molecule has 4 heterocycles. The smallest absolute Gasteiger partial charge is 0.234 e. The summed E-state index contributed by atoms with van der Waals surface area (Å²) in [6.07, 6.45) is 7.29. The summed E-state index contributed by atoms with van der Waals surface area (Å²) in [6.45, 7) is 0.910. The Balaban J connectivity index is 1.39. The molecule has 156 valence electrons. The molecule has 7 heteroatoms. The molecule has 1 aromatic carbocycles. The number of nitrogens with zero attached hydrogens (tertiary/aromatic N) is 2. The first-order chi connectivity index (χ1) is 14.5. The minimum atomic E-state index is -0.748. The van der Waals surface area contributed by atoms with E-state index in [1.54, 1.807) is 29.4 Å². The molecule has 5 rings (SSSR count). The Hall–Kier alpha value is -2.90. The van der Waals surface area contributed by atoms with Gasteiger partial charge in [0.05, 0.1) is 37.0 Å². The van der Waals surface area contributed by atoms with E-state index in [0.717, 1.165) is 16.8 Å². The Morgan fingerprint density at radius 2 is 2.07 bits per heavy atom. The molecule has 0 radical (unpaired) electrons. The van der Waals surface area contributed by atoms with E-state index in [-0.39, 0.29) is 24.5 Å². The number of rotatable bonds is 6. The molecule has 0 aliphatic carbocycles. The van der Waals surface area contributed by atoms with E-state index < -0.39 is 17.4 Å². The molecule has 2 saturated heterocycles. The van der Waals surface area contributed by atoms with Gasteiger partial charge in [0.2, 0.25) is 11.8 Å². The van der Waals surface area contributed by atoms with Crippen LogP contribution >= 0.6 is 0 Å². The molecule has 1 aromatic heterocycles. The predicted molar refractivity (Wildman–Crippen MR) is 108 cm³/mol. The molecule has 0 unspecified atom stereocenters. The Bertz CT molecular complexity index is 984. The van der Waals surface area contributed by atoms with Crippen LogP contribution in [0.1, 0.15) is 11.1 Å². The number of fused-ring (bicyclic) bond motifs is 1. The highest BCUT2D eigenvalue weighted by Gasteiger charge is 2.67. The molecule has 3 aliphatic heterocycles. The van der Waals surface area contributed by atoms with E-state index in [1.807, 2.05) is 42.5 Å². The van der Waals surface area contributed by atoms with E-state index in [4.69, 9.17) is 14.3 Å². The average Bonchev–Trinajstić information content (AvgIpc) is 3.51. The largest absolute Gasteiger partial charge is 0.472 e. The van der Waals surface area contributed by atoms with Crippen LogP contribution in [-0.2, 0) is 27.3 Å². The van der Waals surface area contributed by atoms with Gasteiger partial charge in [-0.05, 0) is 30.2 Å². The van der Waals surface area contributed by atoms with Gasteiger partial charge in [-0.25, -0.2) is 0 Å². The SMILES string of the molecule is CN(Cc1ccoc1)C(=O)[C@H]1[C@@H]2C=C[C@@]3(CN(c4ccc(CCO)cc4)C(=O)[C@@H]13)O2. The highest BCUT2D eigenvalue weighted by atomic mass is 16.5. The standard InChI is InChI=1S/C23H24N2O5/c1-24(12-16-8-11-29-13-16)21(27)19-18-6-9-23(30-18)14-25(22(28)20(19)23)17-4-2-15(3-5-17)7-10-26/h2-6,8-9,11,13,18-20,26H,7,10,12,14H2,1H3/t18-,19-,20+,23-/m0/s1. The lowest BCUT2D eigenvalue weighted by Crippen LogP contribution is -2.44. The highest BCUT2D eigenvalue weighted by Crippen LogP contribution is 2.53. The van der Waals surface area contributed by atoms with E-state index in [2.05, 4.69) is 0 Å². The fourth-order valence-corrected chi connectivity index (χ4v) is 4.96. The number of hydrogen-bond acceptors (Lipinski definition) is 5. The molecular formula is C23H24N2O5. The second-order valence-corrected chi connectivity index (χ2v) is 8.29. The van der Waals surface area contributed by atoms with E-state index >= 15 is 0 Å². The Morgan fingerprint density at radius 3 is 2.77 bits per heavy atom. The van der Waals surface area contributed by atoms with Crippen LogP contribution in [0.25, 0.3) is 0 Å². The highest BCUT2D eigenvalue weighted by molar-refractivity contribution is 6.03. The summed E-state index contributed by atoms with van der Waals surface area (Å²) in [5.41, 5.74) is 1.95. The number of aliphatic hydroxyl groups is 1. The fourth-order valence-electron chi connectivity index (χ4n) is 4.96. The minimum absolute atomic E-state index is 0.0770. The zero-order valence-corrected chi connectivity index (χ0v) is 16.7. The number of benzene rings is 1. The van der Waals surface area contributed by atoms with Crippen molar-refractivity contribution in [3.05, 3.63) is 66.1 Å². The zero-order chi connectivity index (χ0) is 20.9. The second-order valence-electron chi connectivity index (χ2n) is 8.29. The summed E-state index contributed by atoms with van der Waals surface area (Å²) in [4.78, 5) is 30.1. The fraction of sp³-hybridized carbons (Fsp3) is 0.391. The number of ether oxygens (including phenoxy) is 1. The van der Waals surface area contributed by atoms with E-state index in [0.29, 0.717) is 19.5 Å². The summed E-state index contributed by atoms with van der Waals surface area (Å²) in [7, 11) is 1.74. The molecule has 3 aliphatic rings. The van der Waals surface area contributed by atoms with Gasteiger partial charge in [-0.3, -0.25) is 9.59 Å². The van der Waals surface area contributed by atoms with Gasteiger partial charge in [0.25, 0.3) is 0 Å². The number of furan rings is 1. The Kier molecular flexibility index (Phi) is 4.52. The Labute approximate surface area is 174 Å². The van der Waals surface area contributed by atoms with Gasteiger partial charge in [0.15, 0.2) is 0 Å². The van der Waals surface area contributed by atoms with Gasteiger partial charge in [-0.1, -0.05) is 24.3 Å². The summed E-state index contributed by atoms with van der Waals surface area (Å²) in [6, 6.07) is 9.43. The van der Waals surface area contributed by atoms with Crippen LogP contribution in [0.2, 0.25) is 0 Å². The number of amides is 2. The van der Waals surface area contributed by atoms with Crippen LogP contribution in [0.3, 0.4) is 0 Å². The molecule has 0 saturated carbocycles. The van der Waals surface area contributed by atoms with Crippen molar-refractivity contribution in [3.63, 3.8) is 0 Å². The van der Waals surface area contributed by atoms with Gasteiger partial charge in [0.1, 0.15) is 5.60 Å². The van der Waals surface area contributed by atoms with Crippen LogP contribution < -0.4 is 4.90 Å². The minimum Gasteiger partial charge on any atom is -0.472 e. The molecule has 4 atom stereocenters. The maximum Gasteiger partial charge on any atom is 0.234 e. The second kappa shape index (κ2) is 7.11. The molecule has 7 nitrogen and oxygen atoms in total. The predicted octanol–water partition coefficient (Wildman–Crippen LogP) is 1.76. The first-order valence-corrected chi connectivity index (χ1v) is 10.2. The molecule has 30 heavy (non-hydrogen) atoms. The number of hydrogen-bond donors (Lipinski definition) is 1. The number of carbonyl (C=O) groups excluding carboxylic acids is 2. The van der Waals surface area contributed by atoms with Crippen LogP contribution in [0.4, 0.5) is 5.69 Å². The van der Waals surface area contributed by atoms with Crippen molar-refractivity contribution in [1.82, 2.24) is 4.90 Å². The van der Waals surface area contributed by atoms with Crippen molar-refractivity contribution in [1.29, 1.82) is 0 Å². The Morgan fingerprint density at radius 1 is 1.27 bits per heavy atom. The number of carbonyl (C=O) groups is 2. The maximum atomic E-state index is 13.4. The van der Waals surface area contributed by atoms with Crippen molar-refractivity contribution < 1.29 is 23.8 Å². The lowest BCUT2D eigenvalue weighted by Gasteiger charge is -2.27. The average molecular weight is 408 g/mol. The third-order valence-electron chi connectivity index (χ3n) is 6.41. The van der Waals surface area contributed by atoms with Crippen molar-refractivity contribution >= 4 is 17.5 Å². The molecule has 1 N–H and O–H groups in total. The molecule has 2 bridgehead atoms. The third-order valence-corrected chi connectivity index (χ3v) is 6.41. The quantitative estimate of drug-likeness (QED) is 0.737. The van der Waals surface area contributed by atoms with Gasteiger partial charge >= 0.3 is 0 Å². The van der Waals surface area contributed by atoms with Gasteiger partial charge in [0, 0.05) is 31.5 Å². The van der Waals surface area contributed by atoms with Crippen LogP contribution in [-0.4, -0.2) is 53.7 Å². The van der Waals surface area contributed by atoms with Gasteiger partial charge in [-0.15, -0.1) is 0 Å². The normalized spacial score (nSPS) is 28.9. The lowest BCUT2D eigenvalue weighted by molar-refractivity contribution is -0.139. The molecule has 2 amide bonds. The maximum absolute atomic E-state index is 13.4. The van der Waals surface area contributed by atoms with Crippen molar-refractivity contribution in [2.45, 2.75) is 24.7 Å². The lowest BCUT2D eigenvalue weighted by atomic mass is 9.76. The first kappa shape index (κ1) is 19.1. The van der Waals surface area contributed by atoms with Crippen LogP contribution in [0.15, 0.2) is 59.4 Å². The van der Waals surface area contributed by atoms with Crippen molar-refractivity contribution in [2.75, 3.05) is 25.1 Å². The van der Waals surface area contributed by atoms with Crippen LogP contribution in [0.5, 0.6) is 0 Å². The summed E-state index contributed by atoms with van der Waals surface area (Å²) in [5.74, 6) is -1.22. The molecule has 2 fully saturated rings. The van der Waals surface area contributed by atoms with Gasteiger partial charge < -0.3 is 24.1 Å². The van der Waals surface area contributed by atoms with E-state index in [1.165, 1.54) is 0 Å². The van der Waals surface area contributed by atoms with Crippen molar-refractivity contribution in [3.8, 4) is 0 Å². The molecule has 1 spiro atoms. The molecular weight excluding hydrogens is 384 g/mol. The van der Waals surface area contributed by atoms with Crippen molar-refractivity contribution in [2.24, 2.45) is 11.8 Å². The summed E-state index contributed by atoms with van der Waals surface area (Å²) in [5, 5.41) is 9.10. The third kappa shape index (κ3) is 2.88. The van der Waals surface area contributed by atoms with Crippen LogP contribution in [0, 0.1) is 11.8 Å². The van der Waals surface area contributed by atoms with E-state index in [9.17, 15) is 9.59 Å². The number of anilines is 1. The monoisotopic (exact) mass is 408 g/mol. The first-order valence-electron chi connectivity index (χ1n) is 10.2. The zero-order valence-electron chi connectivity index (χ0n) is 16.7. The van der Waals surface area contributed by atoms with Gasteiger partial charge in [-0.2, -0.15) is 0 Å². The number of aliphatic hydroxyl groups excluding tert-OH is 1. The summed E-state index contributed by atoms with van der Waals surface area (Å²) >= 11 is 0.